The topological polar surface area (TPSA) is 76.0 Å². The van der Waals surface area contributed by atoms with Gasteiger partial charge in [-0.1, -0.05) is 19.1 Å². The highest BCUT2D eigenvalue weighted by molar-refractivity contribution is 5.85. The van der Waals surface area contributed by atoms with Gasteiger partial charge in [-0.15, -0.1) is 12.4 Å². The van der Waals surface area contributed by atoms with E-state index in [9.17, 15) is 9.59 Å². The minimum Gasteiger partial charge on any atom is -0.355 e. The second-order valence-corrected chi connectivity index (χ2v) is 5.56. The number of carbonyl (C=O) groups is 1. The van der Waals surface area contributed by atoms with Gasteiger partial charge >= 0.3 is 0 Å². The van der Waals surface area contributed by atoms with Gasteiger partial charge in [0.1, 0.15) is 0 Å². The number of halogens is 1. The summed E-state index contributed by atoms with van der Waals surface area (Å²) in [6.07, 6.45) is 2.87. The minimum absolute atomic E-state index is 0. The van der Waals surface area contributed by atoms with E-state index >= 15 is 0 Å². The fourth-order valence-corrected chi connectivity index (χ4v) is 2.40. The number of fused-ring (bicyclic) bond motifs is 1. The molecule has 6 nitrogen and oxygen atoms in total. The highest BCUT2D eigenvalue weighted by Gasteiger charge is 2.07. The van der Waals surface area contributed by atoms with Crippen molar-refractivity contribution in [2.75, 3.05) is 19.6 Å². The molecule has 0 bridgehead atoms. The van der Waals surface area contributed by atoms with E-state index in [1.807, 2.05) is 19.1 Å². The summed E-state index contributed by atoms with van der Waals surface area (Å²) in [6.45, 7) is 6.68. The molecule has 0 saturated carbocycles. The van der Waals surface area contributed by atoms with Gasteiger partial charge < -0.3 is 10.6 Å². The Morgan fingerprint density at radius 3 is 2.79 bits per heavy atom. The van der Waals surface area contributed by atoms with Crippen molar-refractivity contribution >= 4 is 29.2 Å². The molecule has 2 aromatic rings. The average Bonchev–Trinajstić information content (AvgIpc) is 2.55. The molecule has 0 aliphatic carbocycles. The van der Waals surface area contributed by atoms with E-state index in [1.165, 1.54) is 10.9 Å². The van der Waals surface area contributed by atoms with E-state index in [1.54, 1.807) is 6.07 Å². The summed E-state index contributed by atoms with van der Waals surface area (Å²) < 4.78 is 1.50. The fourth-order valence-electron chi connectivity index (χ4n) is 2.40. The van der Waals surface area contributed by atoms with Crippen LogP contribution in [0.4, 0.5) is 0 Å². The SMILES string of the molecule is CCCNCCNC(=O)CCn1cnc2c(C)cccc2c1=O.Cl. The smallest absolute Gasteiger partial charge is 0.261 e. The number of nitrogens with one attached hydrogen (secondary N) is 2. The molecule has 2 rings (SSSR count). The lowest BCUT2D eigenvalue weighted by Crippen LogP contribution is -2.33. The number of hydrogen-bond donors (Lipinski definition) is 2. The summed E-state index contributed by atoms with van der Waals surface area (Å²) in [5, 5.41) is 6.65. The average molecular weight is 353 g/mol. The zero-order valence-electron chi connectivity index (χ0n) is 14.2. The third-order valence-electron chi connectivity index (χ3n) is 3.69. The van der Waals surface area contributed by atoms with Crippen LogP contribution in [0, 0.1) is 6.92 Å². The van der Waals surface area contributed by atoms with Crippen LogP contribution in [0.5, 0.6) is 0 Å². The van der Waals surface area contributed by atoms with E-state index in [0.29, 0.717) is 18.5 Å². The summed E-state index contributed by atoms with van der Waals surface area (Å²) >= 11 is 0. The van der Waals surface area contributed by atoms with E-state index in [-0.39, 0.29) is 30.3 Å². The van der Waals surface area contributed by atoms with Crippen LogP contribution in [0.25, 0.3) is 10.9 Å². The molecule has 24 heavy (non-hydrogen) atoms. The van der Waals surface area contributed by atoms with Crippen LogP contribution in [0.3, 0.4) is 0 Å². The Bertz CT molecular complexity index is 730. The summed E-state index contributed by atoms with van der Waals surface area (Å²) in [6, 6.07) is 5.55. The van der Waals surface area contributed by atoms with E-state index in [0.717, 1.165) is 30.6 Å². The van der Waals surface area contributed by atoms with Crippen molar-refractivity contribution in [1.29, 1.82) is 0 Å². The number of nitrogens with zero attached hydrogens (tertiary/aromatic N) is 2. The first-order chi connectivity index (χ1) is 11.1. The molecule has 132 valence electrons. The number of rotatable bonds is 8. The van der Waals surface area contributed by atoms with Crippen molar-refractivity contribution < 1.29 is 4.79 Å². The third-order valence-corrected chi connectivity index (χ3v) is 3.69. The number of carbonyl (C=O) groups excluding carboxylic acids is 1. The molecule has 7 heteroatoms. The summed E-state index contributed by atoms with van der Waals surface area (Å²) in [7, 11) is 0. The maximum atomic E-state index is 12.4. The Kier molecular flexibility index (Phi) is 8.43. The predicted molar refractivity (Wildman–Crippen MR) is 98.8 cm³/mol. The first-order valence-corrected chi connectivity index (χ1v) is 8.05. The quantitative estimate of drug-likeness (QED) is 0.708. The molecule has 1 heterocycles. The molecule has 0 aliphatic heterocycles. The first-order valence-electron chi connectivity index (χ1n) is 8.05. The van der Waals surface area contributed by atoms with Gasteiger partial charge in [0.2, 0.25) is 5.91 Å². The second kappa shape index (κ2) is 10.1. The Morgan fingerprint density at radius 1 is 1.25 bits per heavy atom. The van der Waals surface area contributed by atoms with Gasteiger partial charge in [0.05, 0.1) is 17.2 Å². The molecule has 0 radical (unpaired) electrons. The van der Waals surface area contributed by atoms with E-state index < -0.39 is 0 Å². The van der Waals surface area contributed by atoms with E-state index in [4.69, 9.17) is 0 Å². The van der Waals surface area contributed by atoms with Gasteiger partial charge in [-0.05, 0) is 31.5 Å². The molecule has 1 aromatic heterocycles. The van der Waals surface area contributed by atoms with Crippen molar-refractivity contribution in [3.05, 3.63) is 40.4 Å². The van der Waals surface area contributed by atoms with Crippen LogP contribution in [0.15, 0.2) is 29.3 Å². The Morgan fingerprint density at radius 2 is 2.04 bits per heavy atom. The molecule has 1 aromatic carbocycles. The van der Waals surface area contributed by atoms with Crippen molar-refractivity contribution in [3.63, 3.8) is 0 Å². The third kappa shape index (κ3) is 5.32. The first kappa shape index (κ1) is 20.1. The lowest BCUT2D eigenvalue weighted by Gasteiger charge is -2.09. The van der Waals surface area contributed by atoms with Gasteiger partial charge in [0, 0.05) is 26.1 Å². The lowest BCUT2D eigenvalue weighted by atomic mass is 10.1. The van der Waals surface area contributed by atoms with Crippen molar-refractivity contribution in [2.45, 2.75) is 33.2 Å². The Hall–Kier alpha value is -1.92. The number of aryl methyl sites for hydroxylation is 2. The molecular weight excluding hydrogens is 328 g/mol. The van der Waals surface area contributed by atoms with Gasteiger partial charge in [-0.2, -0.15) is 0 Å². The molecule has 0 aliphatic rings. The number of hydrogen-bond acceptors (Lipinski definition) is 4. The Labute approximate surface area is 148 Å². The monoisotopic (exact) mass is 352 g/mol. The largest absolute Gasteiger partial charge is 0.355 e. The molecule has 2 N–H and O–H groups in total. The number of amides is 1. The highest BCUT2D eigenvalue weighted by atomic mass is 35.5. The van der Waals surface area contributed by atoms with Crippen LogP contribution in [-0.4, -0.2) is 35.1 Å². The van der Waals surface area contributed by atoms with Crippen LogP contribution >= 0.6 is 12.4 Å². The summed E-state index contributed by atoms with van der Waals surface area (Å²) in [4.78, 5) is 28.5. The summed E-state index contributed by atoms with van der Waals surface area (Å²) in [5.41, 5.74) is 1.60. The van der Waals surface area contributed by atoms with Crippen LogP contribution < -0.4 is 16.2 Å². The molecular formula is C17H25ClN4O2. The standard InChI is InChI=1S/C17H24N4O2.ClH/c1-3-8-18-9-10-19-15(22)7-11-21-12-20-16-13(2)5-4-6-14(16)17(21)23;/h4-6,12,18H,3,7-11H2,1-2H3,(H,19,22);1H. The maximum Gasteiger partial charge on any atom is 0.261 e. The molecule has 1 amide bonds. The maximum absolute atomic E-state index is 12.4. The summed E-state index contributed by atoms with van der Waals surface area (Å²) in [5.74, 6) is -0.0560. The van der Waals surface area contributed by atoms with E-state index in [2.05, 4.69) is 22.5 Å². The molecule has 0 unspecified atom stereocenters. The lowest BCUT2D eigenvalue weighted by molar-refractivity contribution is -0.121. The van der Waals surface area contributed by atoms with Crippen LogP contribution in [-0.2, 0) is 11.3 Å². The van der Waals surface area contributed by atoms with Crippen LogP contribution in [0.2, 0.25) is 0 Å². The van der Waals surface area contributed by atoms with Gasteiger partial charge in [0.25, 0.3) is 5.56 Å². The normalized spacial score (nSPS) is 10.4. The molecule has 0 fully saturated rings. The van der Waals surface area contributed by atoms with Gasteiger partial charge in [-0.3, -0.25) is 14.2 Å². The van der Waals surface area contributed by atoms with Crippen molar-refractivity contribution in [2.24, 2.45) is 0 Å². The highest BCUT2D eigenvalue weighted by Crippen LogP contribution is 2.11. The van der Waals surface area contributed by atoms with Crippen molar-refractivity contribution in [3.8, 4) is 0 Å². The number of aromatic nitrogens is 2. The predicted octanol–water partition coefficient (Wildman–Crippen LogP) is 1.63. The zero-order chi connectivity index (χ0) is 16.7. The minimum atomic E-state index is -0.101. The zero-order valence-corrected chi connectivity index (χ0v) is 15.0. The number of benzene rings is 1. The number of para-hydroxylation sites is 1. The Balaban J connectivity index is 0.00000288. The van der Waals surface area contributed by atoms with Gasteiger partial charge in [0.15, 0.2) is 0 Å². The fraction of sp³-hybridized carbons (Fsp3) is 0.471. The molecule has 0 atom stereocenters. The second-order valence-electron chi connectivity index (χ2n) is 5.56. The van der Waals surface area contributed by atoms with Gasteiger partial charge in [-0.25, -0.2) is 4.98 Å². The van der Waals surface area contributed by atoms with Crippen molar-refractivity contribution in [1.82, 2.24) is 20.2 Å². The molecule has 0 spiro atoms. The van der Waals surface area contributed by atoms with Crippen LogP contribution in [0.1, 0.15) is 25.3 Å². The molecule has 0 saturated heterocycles.